The highest BCUT2D eigenvalue weighted by molar-refractivity contribution is 5.68. The molecule has 0 radical (unpaired) electrons. The van der Waals surface area contributed by atoms with Crippen LogP contribution in [0.25, 0.3) is 0 Å². The van der Waals surface area contributed by atoms with Gasteiger partial charge in [0.05, 0.1) is 26.2 Å². The Balaban J connectivity index is 1.46. The number of carbonyl (C=O) groups is 1. The normalized spacial score (nSPS) is 15.1. The predicted molar refractivity (Wildman–Crippen MR) is 108 cm³/mol. The Hall–Kier alpha value is -2.69. The number of carboxylic acid groups (broad SMARTS) is 1. The second-order valence-corrected chi connectivity index (χ2v) is 7.13. The summed E-state index contributed by atoms with van der Waals surface area (Å²) in [7, 11) is 0. The maximum Gasteiger partial charge on any atom is 0.303 e. The lowest BCUT2D eigenvalue weighted by molar-refractivity contribution is -0.137. The van der Waals surface area contributed by atoms with Gasteiger partial charge >= 0.3 is 5.97 Å². The van der Waals surface area contributed by atoms with Gasteiger partial charge < -0.3 is 19.3 Å². The fourth-order valence-corrected chi connectivity index (χ4v) is 3.63. The Morgan fingerprint density at radius 1 is 1.07 bits per heavy atom. The first kappa shape index (κ1) is 20.1. The minimum Gasteiger partial charge on any atom is -0.493 e. The minimum atomic E-state index is -0.737. The molecule has 0 fully saturated rings. The minimum absolute atomic E-state index is 0.129. The number of hydrogen-bond donors (Lipinski definition) is 1. The fraction of sp³-hybridized carbons (Fsp3) is 0.435. The molecule has 28 heavy (non-hydrogen) atoms. The Morgan fingerprint density at radius 3 is 2.68 bits per heavy atom. The van der Waals surface area contributed by atoms with E-state index in [0.29, 0.717) is 19.8 Å². The number of rotatable bonds is 10. The number of hydrogen-bond acceptors (Lipinski definition) is 4. The Labute approximate surface area is 166 Å². The third kappa shape index (κ3) is 5.18. The van der Waals surface area contributed by atoms with E-state index in [1.54, 1.807) is 0 Å². The summed E-state index contributed by atoms with van der Waals surface area (Å²) in [6.07, 6.45) is 2.78. The van der Waals surface area contributed by atoms with E-state index in [2.05, 4.69) is 0 Å². The van der Waals surface area contributed by atoms with Crippen LogP contribution in [-0.4, -0.2) is 30.9 Å². The predicted octanol–water partition coefficient (Wildman–Crippen LogP) is 4.75. The molecule has 0 spiro atoms. The summed E-state index contributed by atoms with van der Waals surface area (Å²) in [5.41, 5.74) is 3.50. The maximum atomic E-state index is 11.0. The van der Waals surface area contributed by atoms with Crippen molar-refractivity contribution in [3.63, 3.8) is 0 Å². The second kappa shape index (κ2) is 9.49. The third-order valence-corrected chi connectivity index (χ3v) is 4.95. The van der Waals surface area contributed by atoms with Gasteiger partial charge in [0.1, 0.15) is 5.75 Å². The molecular weight excluding hydrogens is 356 g/mol. The summed E-state index contributed by atoms with van der Waals surface area (Å²) in [5.74, 6) is 1.76. The fourth-order valence-electron chi connectivity index (χ4n) is 3.63. The number of benzene rings is 2. The molecule has 1 aliphatic carbocycles. The molecule has 5 heteroatoms. The quantitative estimate of drug-likeness (QED) is 0.599. The molecule has 0 aliphatic heterocycles. The summed E-state index contributed by atoms with van der Waals surface area (Å²) in [6, 6.07) is 11.9. The van der Waals surface area contributed by atoms with Crippen LogP contribution in [0, 0.1) is 6.92 Å². The molecule has 2 aromatic carbocycles. The van der Waals surface area contributed by atoms with Crippen LogP contribution in [0.15, 0.2) is 36.4 Å². The van der Waals surface area contributed by atoms with Crippen LogP contribution in [0.5, 0.6) is 17.2 Å². The molecule has 0 amide bonds. The third-order valence-electron chi connectivity index (χ3n) is 4.95. The summed E-state index contributed by atoms with van der Waals surface area (Å²) in [4.78, 5) is 11.0. The van der Waals surface area contributed by atoms with Gasteiger partial charge in [-0.05, 0) is 73.6 Å². The van der Waals surface area contributed by atoms with Crippen LogP contribution in [0.3, 0.4) is 0 Å². The van der Waals surface area contributed by atoms with Crippen molar-refractivity contribution in [2.45, 2.75) is 45.4 Å². The lowest BCUT2D eigenvalue weighted by atomic mass is 9.98. The van der Waals surface area contributed by atoms with Crippen LogP contribution >= 0.6 is 0 Å². The monoisotopic (exact) mass is 384 g/mol. The van der Waals surface area contributed by atoms with Gasteiger partial charge in [0.2, 0.25) is 0 Å². The van der Waals surface area contributed by atoms with Gasteiger partial charge in [-0.2, -0.15) is 0 Å². The lowest BCUT2D eigenvalue weighted by Crippen LogP contribution is -2.06. The number of fused-ring (bicyclic) bond motifs is 1. The van der Waals surface area contributed by atoms with Crippen molar-refractivity contribution < 1.29 is 24.1 Å². The van der Waals surface area contributed by atoms with E-state index in [9.17, 15) is 4.79 Å². The number of aliphatic carboxylic acids is 1. The molecule has 3 rings (SSSR count). The molecule has 150 valence electrons. The van der Waals surface area contributed by atoms with Gasteiger partial charge in [0.25, 0.3) is 0 Å². The smallest absolute Gasteiger partial charge is 0.303 e. The molecule has 2 aromatic rings. The molecule has 0 bridgehead atoms. The SMILES string of the molecule is CCOc1cc(C)ccc1OCCCOc1ccc2c(c1)CC[C@H]2CC(=O)O. The van der Waals surface area contributed by atoms with E-state index in [1.165, 1.54) is 5.56 Å². The zero-order valence-electron chi connectivity index (χ0n) is 16.6. The largest absolute Gasteiger partial charge is 0.493 e. The molecule has 1 atom stereocenters. The first-order chi connectivity index (χ1) is 13.6. The zero-order chi connectivity index (χ0) is 19.9. The van der Waals surface area contributed by atoms with Crippen molar-refractivity contribution in [1.82, 2.24) is 0 Å². The Bertz CT molecular complexity index is 815. The molecule has 0 saturated carbocycles. The van der Waals surface area contributed by atoms with Gasteiger partial charge in [-0.25, -0.2) is 0 Å². The number of aryl methyl sites for hydroxylation is 2. The van der Waals surface area contributed by atoms with Crippen molar-refractivity contribution in [1.29, 1.82) is 0 Å². The second-order valence-electron chi connectivity index (χ2n) is 7.13. The van der Waals surface area contributed by atoms with Gasteiger partial charge in [-0.15, -0.1) is 0 Å². The highest BCUT2D eigenvalue weighted by Crippen LogP contribution is 2.37. The molecule has 0 unspecified atom stereocenters. The van der Waals surface area contributed by atoms with Crippen LogP contribution in [-0.2, 0) is 11.2 Å². The van der Waals surface area contributed by atoms with Crippen molar-refractivity contribution in [2.24, 2.45) is 0 Å². The van der Waals surface area contributed by atoms with Crippen LogP contribution in [0.2, 0.25) is 0 Å². The Morgan fingerprint density at radius 2 is 1.89 bits per heavy atom. The summed E-state index contributed by atoms with van der Waals surface area (Å²) in [6.45, 7) is 5.71. The average Bonchev–Trinajstić information content (AvgIpc) is 3.05. The zero-order valence-corrected chi connectivity index (χ0v) is 16.6. The van der Waals surface area contributed by atoms with E-state index < -0.39 is 5.97 Å². The lowest BCUT2D eigenvalue weighted by Gasteiger charge is -2.13. The molecule has 0 aromatic heterocycles. The highest BCUT2D eigenvalue weighted by Gasteiger charge is 2.24. The molecule has 1 N–H and O–H groups in total. The summed E-state index contributed by atoms with van der Waals surface area (Å²) in [5, 5.41) is 9.02. The number of carboxylic acids is 1. The van der Waals surface area contributed by atoms with E-state index in [-0.39, 0.29) is 12.3 Å². The van der Waals surface area contributed by atoms with Gasteiger partial charge in [0.15, 0.2) is 11.5 Å². The van der Waals surface area contributed by atoms with E-state index in [0.717, 1.165) is 47.6 Å². The van der Waals surface area contributed by atoms with Crippen LogP contribution in [0.1, 0.15) is 48.8 Å². The standard InChI is InChI=1S/C23H28O5/c1-3-26-22-13-16(2)5-10-21(22)28-12-4-11-27-19-8-9-20-17(14-19)6-7-18(20)15-23(24)25/h5,8-10,13-14,18H,3-4,6-7,11-12,15H2,1-2H3,(H,24,25)/t18-/m0/s1. The molecular formula is C23H28O5. The first-order valence-electron chi connectivity index (χ1n) is 9.90. The average molecular weight is 384 g/mol. The van der Waals surface area contributed by atoms with E-state index >= 15 is 0 Å². The first-order valence-corrected chi connectivity index (χ1v) is 9.90. The van der Waals surface area contributed by atoms with Gasteiger partial charge in [-0.1, -0.05) is 12.1 Å². The molecule has 5 nitrogen and oxygen atoms in total. The maximum absolute atomic E-state index is 11.0. The molecule has 0 heterocycles. The highest BCUT2D eigenvalue weighted by atomic mass is 16.5. The van der Waals surface area contributed by atoms with Crippen molar-refractivity contribution in [3.05, 3.63) is 53.1 Å². The van der Waals surface area contributed by atoms with Crippen LogP contribution < -0.4 is 14.2 Å². The summed E-state index contributed by atoms with van der Waals surface area (Å²) < 4.78 is 17.3. The Kier molecular flexibility index (Phi) is 6.80. The molecule has 0 saturated heterocycles. The van der Waals surface area contributed by atoms with Crippen molar-refractivity contribution in [2.75, 3.05) is 19.8 Å². The summed E-state index contributed by atoms with van der Waals surface area (Å²) >= 11 is 0. The number of ether oxygens (including phenoxy) is 3. The van der Waals surface area contributed by atoms with Crippen LogP contribution in [0.4, 0.5) is 0 Å². The van der Waals surface area contributed by atoms with Gasteiger partial charge in [-0.3, -0.25) is 4.79 Å². The van der Waals surface area contributed by atoms with E-state index in [1.807, 2.05) is 50.2 Å². The van der Waals surface area contributed by atoms with Gasteiger partial charge in [0, 0.05) is 6.42 Å². The molecule has 1 aliphatic rings. The van der Waals surface area contributed by atoms with Crippen molar-refractivity contribution in [3.8, 4) is 17.2 Å². The van der Waals surface area contributed by atoms with Crippen molar-refractivity contribution >= 4 is 5.97 Å². The topological polar surface area (TPSA) is 65.0 Å². The van der Waals surface area contributed by atoms with E-state index in [4.69, 9.17) is 19.3 Å².